The maximum atomic E-state index is 5.47. The van der Waals surface area contributed by atoms with Gasteiger partial charge in [0.1, 0.15) is 0 Å². The molecule has 3 nitrogen and oxygen atoms in total. The lowest BCUT2D eigenvalue weighted by Gasteiger charge is -2.29. The molecule has 1 unspecified atom stereocenters. The first kappa shape index (κ1) is 8.39. The van der Waals surface area contributed by atoms with Gasteiger partial charge in [-0.3, -0.25) is 0 Å². The van der Waals surface area contributed by atoms with Crippen molar-refractivity contribution in [2.24, 2.45) is 0 Å². The van der Waals surface area contributed by atoms with Crippen LogP contribution in [-0.4, -0.2) is 18.8 Å². The fourth-order valence-electron chi connectivity index (χ4n) is 1.19. The van der Waals surface area contributed by atoms with E-state index in [9.17, 15) is 0 Å². The lowest BCUT2D eigenvalue weighted by Crippen LogP contribution is -2.23. The van der Waals surface area contributed by atoms with Crippen LogP contribution in [0.15, 0.2) is 24.8 Å². The average molecular weight is 186 g/mol. The molecule has 2 aliphatic rings. The molecule has 0 aromatic carbocycles. The second kappa shape index (κ2) is 3.67. The van der Waals surface area contributed by atoms with Gasteiger partial charge < -0.3 is 13.6 Å². The van der Waals surface area contributed by atoms with Gasteiger partial charge in [0.2, 0.25) is 0 Å². The van der Waals surface area contributed by atoms with E-state index in [1.54, 1.807) is 6.08 Å². The van der Waals surface area contributed by atoms with E-state index < -0.39 is 8.60 Å². The number of hydrogen-bond acceptors (Lipinski definition) is 3. The quantitative estimate of drug-likeness (QED) is 0.464. The van der Waals surface area contributed by atoms with Gasteiger partial charge in [0.25, 0.3) is 0 Å². The molecule has 0 aliphatic carbocycles. The molecule has 3 atom stereocenters. The lowest BCUT2D eigenvalue weighted by molar-refractivity contribution is 0.0647. The minimum absolute atomic E-state index is 0.0811. The van der Waals surface area contributed by atoms with Crippen molar-refractivity contribution in [2.45, 2.75) is 18.6 Å². The summed E-state index contributed by atoms with van der Waals surface area (Å²) in [4.78, 5) is 0. The van der Waals surface area contributed by atoms with Crippen LogP contribution in [0.2, 0.25) is 0 Å². The van der Waals surface area contributed by atoms with Crippen LogP contribution in [0.3, 0.4) is 0 Å². The van der Waals surface area contributed by atoms with Gasteiger partial charge in [0.15, 0.2) is 0 Å². The zero-order valence-electron chi connectivity index (χ0n) is 6.68. The smallest absolute Gasteiger partial charge is 0.308 e. The summed E-state index contributed by atoms with van der Waals surface area (Å²) in [7, 11) is -1.13. The fraction of sp³-hybridized carbons (Fsp3) is 0.500. The summed E-state index contributed by atoms with van der Waals surface area (Å²) in [5, 5.41) is 0. The van der Waals surface area contributed by atoms with Crippen molar-refractivity contribution in [3.05, 3.63) is 24.8 Å². The topological polar surface area (TPSA) is 27.7 Å². The molecule has 2 heterocycles. The summed E-state index contributed by atoms with van der Waals surface area (Å²) in [5.41, 5.74) is 0. The van der Waals surface area contributed by atoms with Crippen molar-refractivity contribution in [3.63, 3.8) is 0 Å². The Balaban J connectivity index is 2.06. The Labute approximate surface area is 73.0 Å². The molecule has 12 heavy (non-hydrogen) atoms. The molecular formula is C8H11O3P. The summed E-state index contributed by atoms with van der Waals surface area (Å²) < 4.78 is 16.2. The van der Waals surface area contributed by atoms with Crippen molar-refractivity contribution < 1.29 is 13.6 Å². The maximum absolute atomic E-state index is 5.47. The predicted molar refractivity (Wildman–Crippen MR) is 46.6 cm³/mol. The van der Waals surface area contributed by atoms with Gasteiger partial charge in [-0.2, -0.15) is 0 Å². The maximum Gasteiger partial charge on any atom is 0.334 e. The standard InChI is InChI=1S/C8H11O3P/c1-2-7-6-8-4-3-5-9-12(10-7)11-8/h2-4,7-8H,1,5-6H2/t7-,8-,12?/m0/s1. The fourth-order valence-corrected chi connectivity index (χ4v) is 2.34. The van der Waals surface area contributed by atoms with Crippen LogP contribution >= 0.6 is 8.60 Å². The van der Waals surface area contributed by atoms with Gasteiger partial charge in [-0.25, -0.2) is 0 Å². The third-order valence-corrected chi connectivity index (χ3v) is 3.04. The summed E-state index contributed by atoms with van der Waals surface area (Å²) in [6.07, 6.45) is 6.88. The molecule has 0 aromatic heterocycles. The van der Waals surface area contributed by atoms with Gasteiger partial charge in [0, 0.05) is 6.42 Å². The lowest BCUT2D eigenvalue weighted by atomic mass is 10.1. The molecule has 0 aromatic rings. The van der Waals surface area contributed by atoms with E-state index in [-0.39, 0.29) is 12.2 Å². The summed E-state index contributed by atoms with van der Waals surface area (Å²) >= 11 is 0. The Bertz CT molecular complexity index is 204. The molecule has 2 bridgehead atoms. The first-order chi connectivity index (χ1) is 5.88. The Kier molecular flexibility index (Phi) is 2.57. The third-order valence-electron chi connectivity index (χ3n) is 1.80. The highest BCUT2D eigenvalue weighted by Gasteiger charge is 2.30. The minimum Gasteiger partial charge on any atom is -0.308 e. The van der Waals surface area contributed by atoms with E-state index in [1.165, 1.54) is 0 Å². The van der Waals surface area contributed by atoms with Crippen molar-refractivity contribution in [1.82, 2.24) is 0 Å². The van der Waals surface area contributed by atoms with Crippen LogP contribution in [-0.2, 0) is 13.6 Å². The molecule has 0 saturated carbocycles. The SMILES string of the molecule is C=C[C@H]1C[C@@H]2C=CCOP(O1)O2. The molecule has 1 saturated heterocycles. The van der Waals surface area contributed by atoms with Crippen molar-refractivity contribution in [2.75, 3.05) is 6.61 Å². The highest BCUT2D eigenvalue weighted by molar-refractivity contribution is 7.41. The Morgan fingerprint density at radius 1 is 1.50 bits per heavy atom. The Morgan fingerprint density at radius 3 is 3.25 bits per heavy atom. The molecule has 4 heteroatoms. The monoisotopic (exact) mass is 186 g/mol. The van der Waals surface area contributed by atoms with Gasteiger partial charge in [-0.05, 0) is 0 Å². The van der Waals surface area contributed by atoms with Crippen LogP contribution in [0, 0.1) is 0 Å². The van der Waals surface area contributed by atoms with Crippen LogP contribution in [0.1, 0.15) is 6.42 Å². The van der Waals surface area contributed by atoms with Crippen LogP contribution in [0.25, 0.3) is 0 Å². The largest absolute Gasteiger partial charge is 0.334 e. The number of fused-ring (bicyclic) bond motifs is 2. The Hall–Kier alpha value is -0.210. The Morgan fingerprint density at radius 2 is 2.42 bits per heavy atom. The molecule has 0 radical (unpaired) electrons. The van der Waals surface area contributed by atoms with Gasteiger partial charge in [0.05, 0.1) is 18.8 Å². The van der Waals surface area contributed by atoms with E-state index in [0.29, 0.717) is 6.61 Å². The first-order valence-corrected chi connectivity index (χ1v) is 5.04. The van der Waals surface area contributed by atoms with E-state index in [4.69, 9.17) is 13.6 Å². The van der Waals surface area contributed by atoms with E-state index in [1.807, 2.05) is 12.2 Å². The number of rotatable bonds is 1. The molecular weight excluding hydrogens is 175 g/mol. The van der Waals surface area contributed by atoms with Gasteiger partial charge >= 0.3 is 8.60 Å². The van der Waals surface area contributed by atoms with E-state index in [0.717, 1.165) is 6.42 Å². The van der Waals surface area contributed by atoms with Gasteiger partial charge in [-0.15, -0.1) is 6.58 Å². The third kappa shape index (κ3) is 1.75. The minimum atomic E-state index is -1.13. The molecule has 0 N–H and O–H groups in total. The second-order valence-corrected chi connectivity index (χ2v) is 3.83. The highest BCUT2D eigenvalue weighted by atomic mass is 31.2. The zero-order valence-corrected chi connectivity index (χ0v) is 7.57. The van der Waals surface area contributed by atoms with Crippen molar-refractivity contribution in [3.8, 4) is 0 Å². The van der Waals surface area contributed by atoms with E-state index >= 15 is 0 Å². The molecule has 66 valence electrons. The molecule has 0 spiro atoms. The molecule has 2 aliphatic heterocycles. The summed E-state index contributed by atoms with van der Waals surface area (Å²) in [5.74, 6) is 0. The predicted octanol–water partition coefficient (Wildman–Crippen LogP) is 2.16. The number of hydrogen-bond donors (Lipinski definition) is 0. The van der Waals surface area contributed by atoms with Crippen LogP contribution in [0.5, 0.6) is 0 Å². The molecule has 2 rings (SSSR count). The van der Waals surface area contributed by atoms with Gasteiger partial charge in [-0.1, -0.05) is 18.2 Å². The summed E-state index contributed by atoms with van der Waals surface area (Å²) in [6.45, 7) is 4.28. The zero-order chi connectivity index (χ0) is 8.39. The molecule has 0 amide bonds. The van der Waals surface area contributed by atoms with Crippen LogP contribution < -0.4 is 0 Å². The van der Waals surface area contributed by atoms with Crippen LogP contribution in [0.4, 0.5) is 0 Å². The van der Waals surface area contributed by atoms with Crippen molar-refractivity contribution in [1.29, 1.82) is 0 Å². The first-order valence-electron chi connectivity index (χ1n) is 3.94. The molecule has 1 fully saturated rings. The summed E-state index contributed by atoms with van der Waals surface area (Å²) in [6, 6.07) is 0. The average Bonchev–Trinajstić information content (AvgIpc) is 2.27. The highest BCUT2D eigenvalue weighted by Crippen LogP contribution is 2.48. The van der Waals surface area contributed by atoms with E-state index in [2.05, 4.69) is 6.58 Å². The second-order valence-electron chi connectivity index (χ2n) is 2.71. The normalized spacial score (nSPS) is 40.5. The van der Waals surface area contributed by atoms with Crippen molar-refractivity contribution >= 4 is 8.60 Å².